The van der Waals surface area contributed by atoms with E-state index in [1.54, 1.807) is 6.92 Å². The minimum Gasteiger partial charge on any atom is -0.391 e. The van der Waals surface area contributed by atoms with Crippen molar-refractivity contribution >= 4 is 0 Å². The summed E-state index contributed by atoms with van der Waals surface area (Å²) in [5.41, 5.74) is 0. The van der Waals surface area contributed by atoms with E-state index in [4.69, 9.17) is 14.6 Å². The van der Waals surface area contributed by atoms with Gasteiger partial charge in [0.2, 0.25) is 0 Å². The molecule has 0 aromatic heterocycles. The minimum atomic E-state index is -0.398. The van der Waals surface area contributed by atoms with Gasteiger partial charge in [-0.25, -0.2) is 0 Å². The normalized spacial score (nSPS) is 17.4. The van der Waals surface area contributed by atoms with Crippen molar-refractivity contribution in [3.63, 3.8) is 0 Å². The smallest absolute Gasteiger partial charge is 0.0781 e. The molecule has 0 fully saturated rings. The lowest BCUT2D eigenvalue weighted by Crippen LogP contribution is -2.24. The van der Waals surface area contributed by atoms with Crippen molar-refractivity contribution in [2.45, 2.75) is 65.3 Å². The van der Waals surface area contributed by atoms with Gasteiger partial charge < -0.3 is 14.6 Å². The molecule has 0 bridgehead atoms. The van der Waals surface area contributed by atoms with Crippen molar-refractivity contribution in [1.29, 1.82) is 0 Å². The molecule has 3 unspecified atom stereocenters. The van der Waals surface area contributed by atoms with Gasteiger partial charge in [-0.3, -0.25) is 0 Å². The molecule has 0 radical (unpaired) electrons. The van der Waals surface area contributed by atoms with Crippen molar-refractivity contribution in [3.8, 4) is 0 Å². The molecule has 0 heterocycles. The molecular formula is C12H26O3. The fourth-order valence-corrected chi connectivity index (χ4v) is 1.35. The summed E-state index contributed by atoms with van der Waals surface area (Å²) in [4.78, 5) is 0. The predicted molar refractivity (Wildman–Crippen MR) is 62.0 cm³/mol. The van der Waals surface area contributed by atoms with Gasteiger partial charge in [-0.1, -0.05) is 20.3 Å². The Hall–Kier alpha value is -0.120. The van der Waals surface area contributed by atoms with Crippen LogP contribution in [0.25, 0.3) is 0 Å². The third kappa shape index (κ3) is 8.85. The van der Waals surface area contributed by atoms with E-state index in [0.29, 0.717) is 19.3 Å². The van der Waals surface area contributed by atoms with Crippen molar-refractivity contribution in [3.05, 3.63) is 0 Å². The van der Waals surface area contributed by atoms with E-state index in [2.05, 4.69) is 13.8 Å². The summed E-state index contributed by atoms with van der Waals surface area (Å²) < 4.78 is 11.1. The SMILES string of the molecule is CCCC(CC)OCC(C)OCC(C)O. The van der Waals surface area contributed by atoms with Gasteiger partial charge >= 0.3 is 0 Å². The van der Waals surface area contributed by atoms with Crippen molar-refractivity contribution in [1.82, 2.24) is 0 Å². The first-order valence-electron chi connectivity index (χ1n) is 6.01. The Morgan fingerprint density at radius 1 is 1.07 bits per heavy atom. The van der Waals surface area contributed by atoms with E-state index >= 15 is 0 Å². The van der Waals surface area contributed by atoms with Gasteiger partial charge in [-0.05, 0) is 26.7 Å². The van der Waals surface area contributed by atoms with Gasteiger partial charge in [-0.15, -0.1) is 0 Å². The van der Waals surface area contributed by atoms with Crippen molar-refractivity contribution in [2.24, 2.45) is 0 Å². The highest BCUT2D eigenvalue weighted by atomic mass is 16.5. The molecule has 0 spiro atoms. The van der Waals surface area contributed by atoms with Crippen LogP contribution in [0.1, 0.15) is 47.0 Å². The maximum atomic E-state index is 9.04. The summed E-state index contributed by atoms with van der Waals surface area (Å²) in [5, 5.41) is 9.04. The van der Waals surface area contributed by atoms with E-state index < -0.39 is 6.10 Å². The first-order valence-corrected chi connectivity index (χ1v) is 6.01. The van der Waals surface area contributed by atoms with Crippen LogP contribution in [-0.2, 0) is 9.47 Å². The molecular weight excluding hydrogens is 192 g/mol. The second-order valence-corrected chi connectivity index (χ2v) is 4.15. The van der Waals surface area contributed by atoms with Crippen LogP contribution >= 0.6 is 0 Å². The van der Waals surface area contributed by atoms with E-state index in [0.717, 1.165) is 19.3 Å². The fourth-order valence-electron chi connectivity index (χ4n) is 1.35. The Kier molecular flexibility index (Phi) is 9.06. The van der Waals surface area contributed by atoms with Crippen LogP contribution in [0.2, 0.25) is 0 Å². The summed E-state index contributed by atoms with van der Waals surface area (Å²) >= 11 is 0. The molecule has 0 amide bonds. The van der Waals surface area contributed by atoms with Crippen molar-refractivity contribution < 1.29 is 14.6 Å². The third-order valence-electron chi connectivity index (χ3n) is 2.25. The Balaban J connectivity index is 3.54. The second kappa shape index (κ2) is 9.13. The summed E-state index contributed by atoms with van der Waals surface area (Å²) in [7, 11) is 0. The molecule has 3 heteroatoms. The van der Waals surface area contributed by atoms with Crippen LogP contribution in [-0.4, -0.2) is 36.6 Å². The van der Waals surface area contributed by atoms with Gasteiger partial charge in [0.25, 0.3) is 0 Å². The molecule has 0 aromatic rings. The molecule has 0 rings (SSSR count). The average molecular weight is 218 g/mol. The van der Waals surface area contributed by atoms with Gasteiger partial charge in [0, 0.05) is 0 Å². The highest BCUT2D eigenvalue weighted by Crippen LogP contribution is 2.07. The lowest BCUT2D eigenvalue weighted by Gasteiger charge is -2.19. The topological polar surface area (TPSA) is 38.7 Å². The number of aliphatic hydroxyl groups excluding tert-OH is 1. The number of ether oxygens (including phenoxy) is 2. The monoisotopic (exact) mass is 218 g/mol. The highest BCUT2D eigenvalue weighted by molar-refractivity contribution is 4.57. The Morgan fingerprint density at radius 3 is 2.20 bits per heavy atom. The predicted octanol–water partition coefficient (Wildman–Crippen LogP) is 2.37. The summed E-state index contributed by atoms with van der Waals surface area (Å²) in [5.74, 6) is 0. The molecule has 0 aliphatic rings. The molecule has 1 N–H and O–H groups in total. The maximum absolute atomic E-state index is 9.04. The zero-order chi connectivity index (χ0) is 11.7. The summed E-state index contributed by atoms with van der Waals surface area (Å²) in [6.07, 6.45) is 3.33. The first-order chi connectivity index (χ1) is 7.10. The molecule has 0 aliphatic carbocycles. The molecule has 0 saturated heterocycles. The van der Waals surface area contributed by atoms with Gasteiger partial charge in [0.1, 0.15) is 0 Å². The standard InChI is InChI=1S/C12H26O3/c1-5-7-12(6-2)15-9-11(4)14-8-10(3)13/h10-13H,5-9H2,1-4H3. The average Bonchev–Trinajstić information content (AvgIpc) is 2.21. The van der Waals surface area contributed by atoms with Crippen LogP contribution < -0.4 is 0 Å². The van der Waals surface area contributed by atoms with Crippen LogP contribution in [0.3, 0.4) is 0 Å². The Morgan fingerprint density at radius 2 is 1.73 bits per heavy atom. The number of hydrogen-bond acceptors (Lipinski definition) is 3. The zero-order valence-corrected chi connectivity index (χ0v) is 10.5. The lowest BCUT2D eigenvalue weighted by molar-refractivity contribution is -0.0585. The van der Waals surface area contributed by atoms with Gasteiger partial charge in [0.05, 0.1) is 31.5 Å². The Bertz CT molecular complexity index is 137. The Labute approximate surface area is 93.8 Å². The fraction of sp³-hybridized carbons (Fsp3) is 1.00. The second-order valence-electron chi connectivity index (χ2n) is 4.15. The highest BCUT2D eigenvalue weighted by Gasteiger charge is 2.09. The third-order valence-corrected chi connectivity index (χ3v) is 2.25. The molecule has 3 nitrogen and oxygen atoms in total. The zero-order valence-electron chi connectivity index (χ0n) is 10.5. The van der Waals surface area contributed by atoms with E-state index in [1.165, 1.54) is 0 Å². The van der Waals surface area contributed by atoms with Gasteiger partial charge in [0.15, 0.2) is 0 Å². The van der Waals surface area contributed by atoms with E-state index in [1.807, 2.05) is 6.92 Å². The van der Waals surface area contributed by atoms with Gasteiger partial charge in [-0.2, -0.15) is 0 Å². The number of hydrogen-bond donors (Lipinski definition) is 1. The lowest BCUT2D eigenvalue weighted by atomic mass is 10.1. The molecule has 15 heavy (non-hydrogen) atoms. The van der Waals surface area contributed by atoms with Crippen LogP contribution in [0.5, 0.6) is 0 Å². The van der Waals surface area contributed by atoms with E-state index in [-0.39, 0.29) is 6.10 Å². The van der Waals surface area contributed by atoms with Crippen molar-refractivity contribution in [2.75, 3.05) is 13.2 Å². The van der Waals surface area contributed by atoms with Crippen LogP contribution in [0.15, 0.2) is 0 Å². The maximum Gasteiger partial charge on any atom is 0.0781 e. The molecule has 3 atom stereocenters. The van der Waals surface area contributed by atoms with E-state index in [9.17, 15) is 0 Å². The van der Waals surface area contributed by atoms with Crippen LogP contribution in [0, 0.1) is 0 Å². The molecule has 0 aromatic carbocycles. The molecule has 0 aliphatic heterocycles. The summed E-state index contributed by atoms with van der Waals surface area (Å²) in [6, 6.07) is 0. The minimum absolute atomic E-state index is 0.0607. The molecule has 92 valence electrons. The number of aliphatic hydroxyl groups is 1. The first kappa shape index (κ1) is 14.9. The number of rotatable bonds is 9. The quantitative estimate of drug-likeness (QED) is 0.645. The largest absolute Gasteiger partial charge is 0.391 e. The molecule has 0 saturated carbocycles. The van der Waals surface area contributed by atoms with Crippen LogP contribution in [0.4, 0.5) is 0 Å². The summed E-state index contributed by atoms with van der Waals surface area (Å²) in [6.45, 7) is 9.00.